The Hall–Kier alpha value is -1.42. The van der Waals surface area contributed by atoms with Gasteiger partial charge < -0.3 is 5.32 Å². The van der Waals surface area contributed by atoms with Crippen molar-refractivity contribution in [2.24, 2.45) is 0 Å². The fourth-order valence-corrected chi connectivity index (χ4v) is 1.59. The van der Waals surface area contributed by atoms with Crippen LogP contribution in [0.3, 0.4) is 0 Å². The smallest absolute Gasteiger partial charge is 0.155 e. The Morgan fingerprint density at radius 1 is 1.29 bits per heavy atom. The Balaban J connectivity index is 2.86. The van der Waals surface area contributed by atoms with Crippen molar-refractivity contribution in [2.75, 3.05) is 12.4 Å². The van der Waals surface area contributed by atoms with Crippen LogP contribution in [0.15, 0.2) is 12.4 Å². The first-order valence-corrected chi connectivity index (χ1v) is 4.56. The third-order valence-electron chi connectivity index (χ3n) is 1.99. The molecule has 2 heterocycles. The zero-order chi connectivity index (χ0) is 10.1. The first-order chi connectivity index (χ1) is 6.72. The Kier molecular flexibility index (Phi) is 2.21. The van der Waals surface area contributed by atoms with Crippen molar-refractivity contribution < 1.29 is 0 Å². The van der Waals surface area contributed by atoms with Gasteiger partial charge in [-0.2, -0.15) is 0 Å². The van der Waals surface area contributed by atoms with Gasteiger partial charge in [0.15, 0.2) is 5.82 Å². The minimum absolute atomic E-state index is 0.460. The normalized spacial score (nSPS) is 10.5. The molecule has 0 spiro atoms. The summed E-state index contributed by atoms with van der Waals surface area (Å²) in [6.45, 7) is 1.95. The van der Waals surface area contributed by atoms with Crippen molar-refractivity contribution in [3.63, 3.8) is 0 Å². The summed E-state index contributed by atoms with van der Waals surface area (Å²) in [5.41, 5.74) is 2.53. The number of nitrogens with one attached hydrogen (secondary N) is 1. The Morgan fingerprint density at radius 3 is 2.79 bits per heavy atom. The monoisotopic (exact) mass is 208 g/mol. The van der Waals surface area contributed by atoms with Gasteiger partial charge in [0, 0.05) is 7.05 Å². The van der Waals surface area contributed by atoms with E-state index in [1.165, 1.54) is 6.33 Å². The van der Waals surface area contributed by atoms with Crippen molar-refractivity contribution in [1.29, 1.82) is 0 Å². The molecule has 0 aromatic carbocycles. The lowest BCUT2D eigenvalue weighted by Gasteiger charge is -2.05. The molecule has 0 atom stereocenters. The molecule has 2 rings (SSSR count). The van der Waals surface area contributed by atoms with Gasteiger partial charge in [-0.15, -0.1) is 0 Å². The molecule has 0 saturated heterocycles. The molecule has 0 amide bonds. The zero-order valence-corrected chi connectivity index (χ0v) is 8.63. The van der Waals surface area contributed by atoms with Gasteiger partial charge in [-0.05, 0) is 18.6 Å². The number of pyridine rings is 1. The molecule has 2 aromatic rings. The summed E-state index contributed by atoms with van der Waals surface area (Å²) < 4.78 is 0. The molecule has 0 unspecified atom stereocenters. The highest BCUT2D eigenvalue weighted by molar-refractivity contribution is 6.30. The van der Waals surface area contributed by atoms with Crippen LogP contribution in [0.1, 0.15) is 5.56 Å². The van der Waals surface area contributed by atoms with Crippen molar-refractivity contribution >= 4 is 28.5 Å². The van der Waals surface area contributed by atoms with E-state index in [0.29, 0.717) is 16.5 Å². The van der Waals surface area contributed by atoms with E-state index in [4.69, 9.17) is 11.6 Å². The van der Waals surface area contributed by atoms with Crippen LogP contribution in [0.4, 0.5) is 5.82 Å². The zero-order valence-electron chi connectivity index (χ0n) is 7.87. The van der Waals surface area contributed by atoms with E-state index in [-0.39, 0.29) is 0 Å². The van der Waals surface area contributed by atoms with Crippen LogP contribution in [-0.4, -0.2) is 22.0 Å². The van der Waals surface area contributed by atoms with Crippen LogP contribution in [0, 0.1) is 6.92 Å². The standard InChI is InChI=1S/C9H9ClN4/c1-5-3-6(10)14-8-7(5)12-4-13-9(8)11-2/h3-4H,1-2H3,(H,11,12,13). The molecule has 14 heavy (non-hydrogen) atoms. The van der Waals surface area contributed by atoms with Gasteiger partial charge in [-0.25, -0.2) is 15.0 Å². The average molecular weight is 209 g/mol. The van der Waals surface area contributed by atoms with E-state index in [1.54, 1.807) is 13.1 Å². The summed E-state index contributed by atoms with van der Waals surface area (Å²) in [5, 5.41) is 3.41. The van der Waals surface area contributed by atoms with Crippen LogP contribution < -0.4 is 5.32 Å². The highest BCUT2D eigenvalue weighted by atomic mass is 35.5. The molecule has 4 nitrogen and oxygen atoms in total. The number of nitrogens with zero attached hydrogens (tertiary/aromatic N) is 3. The van der Waals surface area contributed by atoms with Crippen LogP contribution in [0.5, 0.6) is 0 Å². The van der Waals surface area contributed by atoms with Crippen molar-refractivity contribution in [3.8, 4) is 0 Å². The van der Waals surface area contributed by atoms with Gasteiger partial charge in [0.05, 0.1) is 5.52 Å². The number of hydrogen-bond acceptors (Lipinski definition) is 4. The lowest BCUT2D eigenvalue weighted by molar-refractivity contribution is 1.17. The lowest BCUT2D eigenvalue weighted by Crippen LogP contribution is -1.98. The maximum Gasteiger partial charge on any atom is 0.155 e. The minimum atomic E-state index is 0.460. The van der Waals surface area contributed by atoms with Gasteiger partial charge in [0.25, 0.3) is 0 Å². The lowest BCUT2D eigenvalue weighted by atomic mass is 10.2. The number of fused-ring (bicyclic) bond motifs is 1. The molecule has 0 saturated carbocycles. The Labute approximate surface area is 86.4 Å². The highest BCUT2D eigenvalue weighted by Gasteiger charge is 2.06. The number of anilines is 1. The summed E-state index contributed by atoms with van der Waals surface area (Å²) in [6, 6.07) is 1.79. The molecule has 0 aliphatic carbocycles. The van der Waals surface area contributed by atoms with E-state index < -0.39 is 0 Å². The first kappa shape index (κ1) is 9.15. The SMILES string of the molecule is CNc1ncnc2c(C)cc(Cl)nc12. The van der Waals surface area contributed by atoms with Crippen LogP contribution in [0.25, 0.3) is 11.0 Å². The fraction of sp³-hybridized carbons (Fsp3) is 0.222. The molecular weight excluding hydrogens is 200 g/mol. The summed E-state index contributed by atoms with van der Waals surface area (Å²) in [7, 11) is 1.79. The molecule has 0 radical (unpaired) electrons. The molecule has 0 aliphatic heterocycles. The van der Waals surface area contributed by atoms with E-state index >= 15 is 0 Å². The van der Waals surface area contributed by atoms with Crippen molar-refractivity contribution in [1.82, 2.24) is 15.0 Å². The van der Waals surface area contributed by atoms with Gasteiger partial charge in [-0.1, -0.05) is 11.6 Å². The maximum atomic E-state index is 5.86. The molecular formula is C9H9ClN4. The molecule has 0 fully saturated rings. The topological polar surface area (TPSA) is 50.7 Å². The molecule has 1 N–H and O–H groups in total. The van der Waals surface area contributed by atoms with Crippen molar-refractivity contribution in [3.05, 3.63) is 23.1 Å². The van der Waals surface area contributed by atoms with Crippen LogP contribution in [-0.2, 0) is 0 Å². The second-order valence-electron chi connectivity index (χ2n) is 2.93. The van der Waals surface area contributed by atoms with Gasteiger partial charge >= 0.3 is 0 Å². The molecule has 5 heteroatoms. The second-order valence-corrected chi connectivity index (χ2v) is 3.32. The maximum absolute atomic E-state index is 5.86. The average Bonchev–Trinajstić information content (AvgIpc) is 2.17. The van der Waals surface area contributed by atoms with E-state index in [1.807, 2.05) is 6.92 Å². The van der Waals surface area contributed by atoms with E-state index in [2.05, 4.69) is 20.3 Å². The summed E-state index contributed by atoms with van der Waals surface area (Å²) in [5.74, 6) is 0.695. The minimum Gasteiger partial charge on any atom is -0.371 e. The number of halogens is 1. The third kappa shape index (κ3) is 1.37. The molecule has 2 aromatic heterocycles. The summed E-state index contributed by atoms with van der Waals surface area (Å²) in [4.78, 5) is 12.4. The fourth-order valence-electron chi connectivity index (χ4n) is 1.34. The third-order valence-corrected chi connectivity index (χ3v) is 2.18. The molecule has 72 valence electrons. The molecule has 0 aliphatic rings. The van der Waals surface area contributed by atoms with Crippen molar-refractivity contribution in [2.45, 2.75) is 6.92 Å². The first-order valence-electron chi connectivity index (χ1n) is 4.18. The second kappa shape index (κ2) is 3.38. The van der Waals surface area contributed by atoms with Gasteiger partial charge in [0.1, 0.15) is 17.0 Å². The quantitative estimate of drug-likeness (QED) is 0.729. The summed E-state index contributed by atoms with van der Waals surface area (Å²) >= 11 is 5.86. The largest absolute Gasteiger partial charge is 0.371 e. The highest BCUT2D eigenvalue weighted by Crippen LogP contribution is 2.22. The predicted molar refractivity (Wildman–Crippen MR) is 56.6 cm³/mol. The number of aryl methyl sites for hydroxylation is 1. The van der Waals surface area contributed by atoms with Crippen LogP contribution in [0.2, 0.25) is 5.15 Å². The Morgan fingerprint density at radius 2 is 2.07 bits per heavy atom. The predicted octanol–water partition coefficient (Wildman–Crippen LogP) is 2.03. The molecule has 0 bridgehead atoms. The van der Waals surface area contributed by atoms with E-state index in [0.717, 1.165) is 11.1 Å². The number of rotatable bonds is 1. The summed E-state index contributed by atoms with van der Waals surface area (Å²) in [6.07, 6.45) is 1.51. The van der Waals surface area contributed by atoms with E-state index in [9.17, 15) is 0 Å². The Bertz CT molecular complexity index is 483. The van der Waals surface area contributed by atoms with Crippen LogP contribution >= 0.6 is 11.6 Å². The number of hydrogen-bond donors (Lipinski definition) is 1. The number of aromatic nitrogens is 3. The van der Waals surface area contributed by atoms with Gasteiger partial charge in [-0.3, -0.25) is 0 Å². The van der Waals surface area contributed by atoms with Gasteiger partial charge in [0.2, 0.25) is 0 Å².